The maximum Gasteiger partial charge on any atom is 0.335 e. The van der Waals surface area contributed by atoms with E-state index in [-0.39, 0.29) is 5.56 Å². The molecule has 0 amide bonds. The van der Waals surface area contributed by atoms with Crippen LogP contribution in [0, 0.1) is 0 Å². The third kappa shape index (κ3) is 3.38. The van der Waals surface area contributed by atoms with Gasteiger partial charge in [0.15, 0.2) is 0 Å². The van der Waals surface area contributed by atoms with Crippen molar-refractivity contribution >= 4 is 17.6 Å². The smallest absolute Gasteiger partial charge is 0.335 e. The van der Waals surface area contributed by atoms with Crippen LogP contribution in [0.3, 0.4) is 0 Å². The summed E-state index contributed by atoms with van der Waals surface area (Å²) in [5, 5.41) is 12.3. The number of pyridine rings is 1. The summed E-state index contributed by atoms with van der Waals surface area (Å²) in [7, 11) is 0. The van der Waals surface area contributed by atoms with Crippen molar-refractivity contribution in [2.75, 3.05) is 5.32 Å². The fourth-order valence-corrected chi connectivity index (χ4v) is 2.35. The Morgan fingerprint density at radius 1 is 1.21 bits per heavy atom. The van der Waals surface area contributed by atoms with E-state index in [0.29, 0.717) is 11.6 Å². The average molecular weight is 320 g/mol. The molecule has 24 heavy (non-hydrogen) atoms. The first-order valence-electron chi connectivity index (χ1n) is 7.54. The van der Waals surface area contributed by atoms with Gasteiger partial charge in [-0.15, -0.1) is 0 Å². The van der Waals surface area contributed by atoms with Gasteiger partial charge in [-0.3, -0.25) is 4.98 Å². The topological polar surface area (TPSA) is 88.0 Å². The van der Waals surface area contributed by atoms with Crippen LogP contribution >= 0.6 is 0 Å². The molecule has 0 aliphatic rings. The summed E-state index contributed by atoms with van der Waals surface area (Å²) < 4.78 is 0. The number of anilines is 2. The van der Waals surface area contributed by atoms with Gasteiger partial charge in [0.25, 0.3) is 0 Å². The Kier molecular flexibility index (Phi) is 4.47. The molecule has 0 unspecified atom stereocenters. The molecule has 0 atom stereocenters. The molecule has 6 nitrogen and oxygen atoms in total. The molecule has 0 saturated heterocycles. The van der Waals surface area contributed by atoms with E-state index in [1.165, 1.54) is 0 Å². The van der Waals surface area contributed by atoms with Gasteiger partial charge in [0.2, 0.25) is 5.95 Å². The van der Waals surface area contributed by atoms with Gasteiger partial charge in [-0.25, -0.2) is 14.8 Å². The SMILES string of the molecule is CCc1ccc(C(=O)O)cc1Nc1nccc(-c2cccnc2)n1. The molecule has 2 N–H and O–H groups in total. The van der Waals surface area contributed by atoms with Crippen LogP contribution < -0.4 is 5.32 Å². The average Bonchev–Trinajstić information content (AvgIpc) is 2.62. The van der Waals surface area contributed by atoms with Crippen LogP contribution in [0.15, 0.2) is 55.0 Å². The minimum absolute atomic E-state index is 0.220. The third-order valence-electron chi connectivity index (χ3n) is 3.60. The predicted octanol–water partition coefficient (Wildman–Crippen LogP) is 3.54. The first-order valence-corrected chi connectivity index (χ1v) is 7.54. The molecule has 6 heteroatoms. The van der Waals surface area contributed by atoms with Crippen molar-refractivity contribution in [3.63, 3.8) is 0 Å². The highest BCUT2D eigenvalue weighted by Crippen LogP contribution is 2.23. The normalized spacial score (nSPS) is 10.4. The maximum absolute atomic E-state index is 11.2. The molecule has 0 spiro atoms. The second kappa shape index (κ2) is 6.87. The summed E-state index contributed by atoms with van der Waals surface area (Å²) in [4.78, 5) is 24.0. The van der Waals surface area contributed by atoms with Gasteiger partial charge in [0.1, 0.15) is 0 Å². The molecule has 0 saturated carbocycles. The molecular formula is C18H16N4O2. The van der Waals surface area contributed by atoms with Crippen LogP contribution in [0.5, 0.6) is 0 Å². The van der Waals surface area contributed by atoms with E-state index in [9.17, 15) is 4.79 Å². The van der Waals surface area contributed by atoms with Crippen LogP contribution in [0.4, 0.5) is 11.6 Å². The molecule has 2 heterocycles. The van der Waals surface area contributed by atoms with Gasteiger partial charge in [0.05, 0.1) is 11.3 Å². The van der Waals surface area contributed by atoms with Gasteiger partial charge in [0, 0.05) is 29.8 Å². The number of rotatable bonds is 5. The molecule has 0 aliphatic heterocycles. The molecule has 1 aromatic carbocycles. The molecule has 0 aliphatic carbocycles. The van der Waals surface area contributed by atoms with Gasteiger partial charge in [-0.05, 0) is 42.3 Å². The summed E-state index contributed by atoms with van der Waals surface area (Å²) in [6.45, 7) is 2.01. The number of carboxylic acid groups (broad SMARTS) is 1. The lowest BCUT2D eigenvalue weighted by Gasteiger charge is -2.11. The minimum atomic E-state index is -0.967. The largest absolute Gasteiger partial charge is 0.478 e. The third-order valence-corrected chi connectivity index (χ3v) is 3.60. The van der Waals surface area contributed by atoms with Crippen molar-refractivity contribution in [1.82, 2.24) is 15.0 Å². The van der Waals surface area contributed by atoms with Gasteiger partial charge in [-0.1, -0.05) is 13.0 Å². The van der Waals surface area contributed by atoms with Gasteiger partial charge >= 0.3 is 5.97 Å². The Balaban J connectivity index is 1.94. The summed E-state index contributed by atoms with van der Waals surface area (Å²) >= 11 is 0. The number of aromatic carboxylic acids is 1. The van der Waals surface area contributed by atoms with Crippen molar-refractivity contribution in [2.45, 2.75) is 13.3 Å². The first kappa shape index (κ1) is 15.6. The van der Waals surface area contributed by atoms with Gasteiger partial charge < -0.3 is 10.4 Å². The Labute approximate surface area is 139 Å². The Morgan fingerprint density at radius 3 is 2.79 bits per heavy atom. The van der Waals surface area contributed by atoms with E-state index in [1.54, 1.807) is 42.9 Å². The zero-order valence-corrected chi connectivity index (χ0v) is 13.1. The number of aromatic nitrogens is 3. The van der Waals surface area contributed by atoms with Crippen LogP contribution in [-0.4, -0.2) is 26.0 Å². The molecule has 0 radical (unpaired) electrons. The van der Waals surface area contributed by atoms with Crippen LogP contribution in [0.1, 0.15) is 22.8 Å². The number of carboxylic acids is 1. The molecule has 0 bridgehead atoms. The van der Waals surface area contributed by atoms with E-state index in [2.05, 4.69) is 20.3 Å². The monoisotopic (exact) mass is 320 g/mol. The maximum atomic E-state index is 11.2. The summed E-state index contributed by atoms with van der Waals surface area (Å²) in [6.07, 6.45) is 5.86. The van der Waals surface area contributed by atoms with Gasteiger partial charge in [-0.2, -0.15) is 0 Å². The molecule has 120 valence electrons. The second-order valence-corrected chi connectivity index (χ2v) is 5.16. The number of hydrogen-bond acceptors (Lipinski definition) is 5. The molecule has 0 fully saturated rings. The Bertz CT molecular complexity index is 866. The van der Waals surface area contributed by atoms with Crippen LogP contribution in [0.2, 0.25) is 0 Å². The van der Waals surface area contributed by atoms with Crippen molar-refractivity contribution in [3.8, 4) is 11.3 Å². The van der Waals surface area contributed by atoms with Crippen molar-refractivity contribution in [2.24, 2.45) is 0 Å². The molecule has 2 aromatic heterocycles. The molecule has 3 aromatic rings. The quantitative estimate of drug-likeness (QED) is 0.747. The standard InChI is InChI=1S/C18H16N4O2/c1-2-12-5-6-13(17(23)24)10-16(12)22-18-20-9-7-15(21-18)14-4-3-8-19-11-14/h3-11H,2H2,1H3,(H,23,24)(H,20,21,22). The molecule has 3 rings (SSSR count). The van der Waals surface area contributed by atoms with E-state index >= 15 is 0 Å². The number of carbonyl (C=O) groups is 1. The van der Waals surface area contributed by atoms with E-state index < -0.39 is 5.97 Å². The highest BCUT2D eigenvalue weighted by atomic mass is 16.4. The fraction of sp³-hybridized carbons (Fsp3) is 0.111. The van der Waals surface area contributed by atoms with Crippen molar-refractivity contribution in [3.05, 3.63) is 66.1 Å². The summed E-state index contributed by atoms with van der Waals surface area (Å²) in [6, 6.07) is 10.6. The summed E-state index contributed by atoms with van der Waals surface area (Å²) in [5.41, 5.74) is 3.54. The van der Waals surface area contributed by atoms with Crippen LogP contribution in [0.25, 0.3) is 11.3 Å². The van der Waals surface area contributed by atoms with Crippen LogP contribution in [-0.2, 0) is 6.42 Å². The molecular weight excluding hydrogens is 304 g/mol. The highest BCUT2D eigenvalue weighted by Gasteiger charge is 2.09. The zero-order valence-electron chi connectivity index (χ0n) is 13.1. The second-order valence-electron chi connectivity index (χ2n) is 5.16. The number of nitrogens with zero attached hydrogens (tertiary/aromatic N) is 3. The number of aryl methyl sites for hydroxylation is 1. The van der Waals surface area contributed by atoms with E-state index in [1.807, 2.05) is 19.1 Å². The van der Waals surface area contributed by atoms with Crippen molar-refractivity contribution in [1.29, 1.82) is 0 Å². The Hall–Kier alpha value is -3.28. The van der Waals surface area contributed by atoms with Crippen molar-refractivity contribution < 1.29 is 9.90 Å². The fourth-order valence-electron chi connectivity index (χ4n) is 2.35. The highest BCUT2D eigenvalue weighted by molar-refractivity contribution is 5.89. The number of benzene rings is 1. The summed E-state index contributed by atoms with van der Waals surface area (Å²) in [5.74, 6) is -0.556. The van der Waals surface area contributed by atoms with E-state index in [4.69, 9.17) is 5.11 Å². The lowest BCUT2D eigenvalue weighted by atomic mass is 10.1. The number of nitrogens with one attached hydrogen (secondary N) is 1. The minimum Gasteiger partial charge on any atom is -0.478 e. The lowest BCUT2D eigenvalue weighted by Crippen LogP contribution is -2.03. The number of hydrogen-bond donors (Lipinski definition) is 2. The lowest BCUT2D eigenvalue weighted by molar-refractivity contribution is 0.0697. The van der Waals surface area contributed by atoms with E-state index in [0.717, 1.165) is 23.2 Å². The predicted molar refractivity (Wildman–Crippen MR) is 91.3 cm³/mol. The first-order chi connectivity index (χ1) is 11.7. The zero-order chi connectivity index (χ0) is 16.9. The Morgan fingerprint density at radius 2 is 2.08 bits per heavy atom.